The first-order chi connectivity index (χ1) is 10.5. The Bertz CT molecular complexity index is 429. The van der Waals surface area contributed by atoms with Crippen LogP contribution in [-0.2, 0) is 20.8 Å². The summed E-state index contributed by atoms with van der Waals surface area (Å²) in [6.45, 7) is 22.0. The van der Waals surface area contributed by atoms with E-state index >= 15 is 0 Å². The first-order valence-corrected chi connectivity index (χ1v) is 14.2. The van der Waals surface area contributed by atoms with Gasteiger partial charge in [-0.1, -0.05) is 69.2 Å². The fourth-order valence-corrected chi connectivity index (χ4v) is 2.81. The number of rotatable bonds is 0. The average Bonchev–Trinajstić information content (AvgIpc) is 2.80. The Morgan fingerprint density at radius 1 is 0.522 bits per heavy atom. The first kappa shape index (κ1) is 23.2. The van der Waals surface area contributed by atoms with Crippen molar-refractivity contribution in [3.8, 4) is 0 Å². The van der Waals surface area contributed by atoms with Crippen LogP contribution in [0.5, 0.6) is 0 Å². The predicted octanol–water partition coefficient (Wildman–Crippen LogP) is 7.27. The third-order valence-corrected chi connectivity index (χ3v) is 5.62. The van der Waals surface area contributed by atoms with Gasteiger partial charge in [0.15, 0.2) is 0 Å². The molecule has 0 amide bonds. The number of hydrogen-bond acceptors (Lipinski definition) is 0. The van der Waals surface area contributed by atoms with Gasteiger partial charge < -0.3 is 0 Å². The molecule has 2 aromatic rings. The molecule has 0 aliphatic heterocycles. The normalized spacial score (nSPS) is 9.57. The molecule has 0 unspecified atom stereocenters. The van der Waals surface area contributed by atoms with Crippen LogP contribution in [0.1, 0.15) is 55.6 Å². The Balaban J connectivity index is 0.000000360. The molecule has 0 heterocycles. The Hall–Kier alpha value is 0.163. The van der Waals surface area contributed by atoms with Crippen LogP contribution in [0, 0.1) is 69.2 Å². The summed E-state index contributed by atoms with van der Waals surface area (Å²) in [5.74, 6) is 0. The molecule has 0 radical (unpaired) electrons. The molecule has 0 atom stereocenters. The molecular formula is C20H30Cl2Zr. The summed E-state index contributed by atoms with van der Waals surface area (Å²) in [5, 5.41) is 0. The van der Waals surface area contributed by atoms with Crippen molar-refractivity contribution in [2.45, 2.75) is 69.2 Å². The van der Waals surface area contributed by atoms with E-state index in [1.165, 1.54) is 55.6 Å². The predicted molar refractivity (Wildman–Crippen MR) is 103 cm³/mol. The zero-order valence-corrected chi connectivity index (χ0v) is 20.2. The molecule has 23 heavy (non-hydrogen) atoms. The van der Waals surface area contributed by atoms with E-state index in [0.717, 1.165) is 0 Å². The summed E-state index contributed by atoms with van der Waals surface area (Å²) in [6.07, 6.45) is 0. The van der Waals surface area contributed by atoms with Crippen molar-refractivity contribution in [3.63, 3.8) is 0 Å². The van der Waals surface area contributed by atoms with Crippen molar-refractivity contribution in [2.75, 3.05) is 0 Å². The van der Waals surface area contributed by atoms with Crippen LogP contribution < -0.4 is 0 Å². The molecule has 128 valence electrons. The average molecular weight is 433 g/mol. The van der Waals surface area contributed by atoms with E-state index in [1.54, 1.807) is 0 Å². The van der Waals surface area contributed by atoms with Crippen molar-refractivity contribution in [3.05, 3.63) is 55.6 Å². The van der Waals surface area contributed by atoms with E-state index in [0.29, 0.717) is 0 Å². The van der Waals surface area contributed by atoms with Gasteiger partial charge in [-0.05, 0) is 0 Å². The minimum atomic E-state index is -0.826. The van der Waals surface area contributed by atoms with E-state index in [1.807, 2.05) is 0 Å². The van der Waals surface area contributed by atoms with Gasteiger partial charge in [-0.25, -0.2) is 0 Å². The van der Waals surface area contributed by atoms with Gasteiger partial charge >= 0.3 is 37.9 Å². The molecule has 0 bridgehead atoms. The van der Waals surface area contributed by atoms with Gasteiger partial charge in [0.05, 0.1) is 0 Å². The monoisotopic (exact) mass is 430 g/mol. The third kappa shape index (κ3) is 5.59. The standard InChI is InChI=1S/2C10H15.2ClH.Zr/c2*1-6-7(2)9(4)10(5)8(6)3;;;/h2*1-5H3;2*1H;/q2*-1;;;+4/p-2. The zero-order valence-electron chi connectivity index (χ0n) is 16.3. The van der Waals surface area contributed by atoms with Crippen LogP contribution in [0.15, 0.2) is 0 Å². The molecule has 2 aromatic carbocycles. The van der Waals surface area contributed by atoms with Gasteiger partial charge in [0.25, 0.3) is 0 Å². The zero-order chi connectivity index (χ0) is 18.5. The molecule has 2 rings (SSSR count). The van der Waals surface area contributed by atoms with E-state index in [2.05, 4.69) is 69.2 Å². The minimum absolute atomic E-state index is 0.826. The van der Waals surface area contributed by atoms with Crippen LogP contribution in [0.2, 0.25) is 0 Å². The van der Waals surface area contributed by atoms with Crippen molar-refractivity contribution in [1.29, 1.82) is 0 Å². The van der Waals surface area contributed by atoms with Gasteiger partial charge in [-0.2, -0.15) is 55.6 Å². The summed E-state index contributed by atoms with van der Waals surface area (Å²) in [6, 6.07) is 0. The molecule has 0 aromatic heterocycles. The van der Waals surface area contributed by atoms with Crippen LogP contribution >= 0.6 is 17.0 Å². The maximum atomic E-state index is 4.93. The van der Waals surface area contributed by atoms with Crippen LogP contribution in [-0.4, -0.2) is 0 Å². The fourth-order valence-electron chi connectivity index (χ4n) is 2.81. The summed E-state index contributed by atoms with van der Waals surface area (Å²) in [5.41, 5.74) is 14.7. The Kier molecular flexibility index (Phi) is 10.3. The van der Waals surface area contributed by atoms with Gasteiger partial charge in [-0.15, -0.1) is 0 Å². The molecule has 0 fully saturated rings. The van der Waals surface area contributed by atoms with Gasteiger partial charge in [0.2, 0.25) is 0 Å². The molecule has 0 saturated heterocycles. The molecule has 3 heteroatoms. The fraction of sp³-hybridized carbons (Fsp3) is 0.500. The van der Waals surface area contributed by atoms with Crippen molar-refractivity contribution >= 4 is 17.0 Å². The van der Waals surface area contributed by atoms with Gasteiger partial charge in [0, 0.05) is 0 Å². The second-order valence-electron chi connectivity index (χ2n) is 6.32. The van der Waals surface area contributed by atoms with E-state index in [4.69, 9.17) is 17.0 Å². The van der Waals surface area contributed by atoms with E-state index in [9.17, 15) is 0 Å². The Morgan fingerprint density at radius 3 is 0.696 bits per heavy atom. The van der Waals surface area contributed by atoms with E-state index in [-0.39, 0.29) is 0 Å². The topological polar surface area (TPSA) is 0 Å². The molecule has 0 aliphatic carbocycles. The van der Waals surface area contributed by atoms with Crippen molar-refractivity contribution < 1.29 is 20.8 Å². The molecule has 0 saturated carbocycles. The second kappa shape index (κ2) is 10.2. The first-order valence-electron chi connectivity index (χ1n) is 7.88. The molecule has 0 N–H and O–H groups in total. The van der Waals surface area contributed by atoms with Crippen LogP contribution in [0.3, 0.4) is 0 Å². The number of hydrogen-bond donors (Lipinski definition) is 0. The van der Waals surface area contributed by atoms with Crippen LogP contribution in [0.4, 0.5) is 0 Å². The third-order valence-electron chi connectivity index (χ3n) is 5.62. The van der Waals surface area contributed by atoms with Gasteiger partial charge in [-0.3, -0.25) is 0 Å². The summed E-state index contributed by atoms with van der Waals surface area (Å²) < 4.78 is 0. The molecule has 0 nitrogen and oxygen atoms in total. The van der Waals surface area contributed by atoms with E-state index < -0.39 is 20.8 Å². The van der Waals surface area contributed by atoms with Crippen molar-refractivity contribution in [1.82, 2.24) is 0 Å². The summed E-state index contributed by atoms with van der Waals surface area (Å²) in [7, 11) is 9.87. The summed E-state index contributed by atoms with van der Waals surface area (Å²) >= 11 is -0.826. The Labute approximate surface area is 162 Å². The van der Waals surface area contributed by atoms with Crippen molar-refractivity contribution in [2.24, 2.45) is 0 Å². The molecular weight excluding hydrogens is 402 g/mol. The summed E-state index contributed by atoms with van der Waals surface area (Å²) in [4.78, 5) is 0. The molecule has 0 aliphatic rings. The second-order valence-corrected chi connectivity index (χ2v) is 10.1. The van der Waals surface area contributed by atoms with Gasteiger partial charge in [0.1, 0.15) is 0 Å². The Morgan fingerprint density at radius 2 is 0.652 bits per heavy atom. The maximum absolute atomic E-state index is 4.93. The quantitative estimate of drug-likeness (QED) is 0.384. The SMILES string of the molecule is Cc1c(C)c(C)[c-](C)c1C.Cc1c(C)c(C)[c-](C)c1C.[Cl][Zr+2][Cl]. The van der Waals surface area contributed by atoms with Crippen LogP contribution in [0.25, 0.3) is 0 Å². The molecule has 0 spiro atoms. The number of halogens is 2.